The van der Waals surface area contributed by atoms with Gasteiger partial charge in [-0.25, -0.2) is 4.98 Å². The van der Waals surface area contributed by atoms with E-state index in [9.17, 15) is 9.59 Å². The standard InChI is InChI=1S/C16H20N4O2/c1-11(2)10-20-9-8-17-15(16(20)22)19-14-6-4-13(5-7-14)18-12(3)21/h4-9,11H,10H2,1-3H3,(H,17,19)(H,18,21). The van der Waals surface area contributed by atoms with Gasteiger partial charge in [-0.2, -0.15) is 0 Å². The molecule has 116 valence electrons. The number of carbonyl (C=O) groups excluding carboxylic acids is 1. The molecule has 0 unspecified atom stereocenters. The number of hydrogen-bond acceptors (Lipinski definition) is 4. The van der Waals surface area contributed by atoms with Crippen molar-refractivity contribution >= 4 is 23.1 Å². The molecule has 1 heterocycles. The summed E-state index contributed by atoms with van der Waals surface area (Å²) in [4.78, 5) is 27.4. The Labute approximate surface area is 129 Å². The lowest BCUT2D eigenvalue weighted by atomic mass is 10.2. The second-order valence-corrected chi connectivity index (χ2v) is 5.51. The third-order valence-corrected chi connectivity index (χ3v) is 2.94. The Bertz CT molecular complexity index is 705. The van der Waals surface area contributed by atoms with Gasteiger partial charge in [0.1, 0.15) is 0 Å². The van der Waals surface area contributed by atoms with E-state index in [0.717, 1.165) is 5.69 Å². The van der Waals surface area contributed by atoms with Crippen LogP contribution in [0.3, 0.4) is 0 Å². The van der Waals surface area contributed by atoms with Gasteiger partial charge in [-0.15, -0.1) is 0 Å². The zero-order valence-corrected chi connectivity index (χ0v) is 13.0. The predicted molar refractivity (Wildman–Crippen MR) is 87.4 cm³/mol. The lowest BCUT2D eigenvalue weighted by molar-refractivity contribution is -0.114. The van der Waals surface area contributed by atoms with Crippen molar-refractivity contribution < 1.29 is 4.79 Å². The molecule has 0 spiro atoms. The molecule has 0 bridgehead atoms. The van der Waals surface area contributed by atoms with Crippen LogP contribution in [0.1, 0.15) is 20.8 Å². The summed E-state index contributed by atoms with van der Waals surface area (Å²) in [5.41, 5.74) is 1.29. The highest BCUT2D eigenvalue weighted by Crippen LogP contribution is 2.15. The van der Waals surface area contributed by atoms with E-state index >= 15 is 0 Å². The van der Waals surface area contributed by atoms with E-state index in [1.165, 1.54) is 6.92 Å². The highest BCUT2D eigenvalue weighted by molar-refractivity contribution is 5.88. The van der Waals surface area contributed by atoms with Crippen LogP contribution in [0, 0.1) is 5.92 Å². The molecule has 6 heteroatoms. The van der Waals surface area contributed by atoms with Crippen molar-refractivity contribution in [3.63, 3.8) is 0 Å². The first kappa shape index (κ1) is 15.8. The van der Waals surface area contributed by atoms with E-state index < -0.39 is 0 Å². The van der Waals surface area contributed by atoms with Crippen LogP contribution in [-0.4, -0.2) is 15.5 Å². The number of carbonyl (C=O) groups is 1. The fourth-order valence-electron chi connectivity index (χ4n) is 2.05. The van der Waals surface area contributed by atoms with Gasteiger partial charge in [0.05, 0.1) is 0 Å². The molecule has 0 radical (unpaired) electrons. The molecule has 2 rings (SSSR count). The summed E-state index contributed by atoms with van der Waals surface area (Å²) >= 11 is 0. The zero-order chi connectivity index (χ0) is 16.1. The fourth-order valence-corrected chi connectivity index (χ4v) is 2.05. The largest absolute Gasteiger partial charge is 0.336 e. The van der Waals surface area contributed by atoms with Gasteiger partial charge in [-0.05, 0) is 30.2 Å². The van der Waals surface area contributed by atoms with Gasteiger partial charge in [0.25, 0.3) is 5.56 Å². The Kier molecular flexibility index (Phi) is 4.93. The number of nitrogens with zero attached hydrogens (tertiary/aromatic N) is 2. The van der Waals surface area contributed by atoms with E-state index in [2.05, 4.69) is 29.5 Å². The van der Waals surface area contributed by atoms with Crippen molar-refractivity contribution in [3.05, 3.63) is 47.0 Å². The molecular weight excluding hydrogens is 280 g/mol. The zero-order valence-electron chi connectivity index (χ0n) is 13.0. The number of amides is 1. The van der Waals surface area contributed by atoms with E-state index in [0.29, 0.717) is 18.2 Å². The quantitative estimate of drug-likeness (QED) is 0.890. The molecule has 0 saturated carbocycles. The van der Waals surface area contributed by atoms with Crippen molar-refractivity contribution in [2.45, 2.75) is 27.3 Å². The molecule has 2 aromatic rings. The summed E-state index contributed by atoms with van der Waals surface area (Å²) in [5.74, 6) is 0.544. The molecule has 0 atom stereocenters. The van der Waals surface area contributed by atoms with Crippen LogP contribution in [0.15, 0.2) is 41.5 Å². The molecule has 0 fully saturated rings. The Morgan fingerprint density at radius 3 is 2.45 bits per heavy atom. The van der Waals surface area contributed by atoms with Crippen molar-refractivity contribution in [3.8, 4) is 0 Å². The molecule has 2 N–H and O–H groups in total. The van der Waals surface area contributed by atoms with Crippen LogP contribution in [0.25, 0.3) is 0 Å². The molecule has 1 aromatic heterocycles. The van der Waals surface area contributed by atoms with Gasteiger partial charge in [0.15, 0.2) is 5.82 Å². The number of rotatable bonds is 5. The van der Waals surface area contributed by atoms with E-state index in [4.69, 9.17) is 0 Å². The van der Waals surface area contributed by atoms with E-state index in [1.807, 2.05) is 0 Å². The van der Waals surface area contributed by atoms with E-state index in [-0.39, 0.29) is 17.3 Å². The Balaban J connectivity index is 2.17. The van der Waals surface area contributed by atoms with Gasteiger partial charge in [-0.1, -0.05) is 13.8 Å². The van der Waals surface area contributed by atoms with Crippen LogP contribution in [0.5, 0.6) is 0 Å². The first-order chi connectivity index (χ1) is 10.5. The average molecular weight is 300 g/mol. The first-order valence-corrected chi connectivity index (χ1v) is 7.16. The molecule has 0 aliphatic carbocycles. The highest BCUT2D eigenvalue weighted by atomic mass is 16.1. The number of anilines is 3. The van der Waals surface area contributed by atoms with Crippen molar-refractivity contribution in [2.75, 3.05) is 10.6 Å². The van der Waals surface area contributed by atoms with E-state index in [1.54, 1.807) is 41.2 Å². The molecule has 22 heavy (non-hydrogen) atoms. The van der Waals surface area contributed by atoms with Crippen LogP contribution >= 0.6 is 0 Å². The molecular formula is C16H20N4O2. The van der Waals surface area contributed by atoms with Gasteiger partial charge in [-0.3, -0.25) is 9.59 Å². The van der Waals surface area contributed by atoms with Crippen LogP contribution < -0.4 is 16.2 Å². The van der Waals surface area contributed by atoms with Crippen LogP contribution in [0.2, 0.25) is 0 Å². The minimum atomic E-state index is -0.151. The lowest BCUT2D eigenvalue weighted by Gasteiger charge is -2.11. The second kappa shape index (κ2) is 6.89. The number of benzene rings is 1. The normalized spacial score (nSPS) is 10.5. The minimum absolute atomic E-state index is 0.123. The molecule has 0 saturated heterocycles. The Hall–Kier alpha value is -2.63. The summed E-state index contributed by atoms with van der Waals surface area (Å²) in [5, 5.41) is 5.70. The molecule has 1 aromatic carbocycles. The van der Waals surface area contributed by atoms with Crippen molar-refractivity contribution in [1.82, 2.24) is 9.55 Å². The molecule has 0 aliphatic heterocycles. The summed E-state index contributed by atoms with van der Waals surface area (Å²) < 4.78 is 1.64. The average Bonchev–Trinajstić information content (AvgIpc) is 2.44. The number of nitrogens with one attached hydrogen (secondary N) is 2. The third-order valence-electron chi connectivity index (χ3n) is 2.94. The summed E-state index contributed by atoms with van der Waals surface area (Å²) in [7, 11) is 0. The number of hydrogen-bond donors (Lipinski definition) is 2. The van der Waals surface area contributed by atoms with Crippen molar-refractivity contribution in [2.24, 2.45) is 5.92 Å². The van der Waals surface area contributed by atoms with Gasteiger partial charge in [0.2, 0.25) is 5.91 Å². The predicted octanol–water partition coefficient (Wildman–Crippen LogP) is 2.60. The Morgan fingerprint density at radius 1 is 1.23 bits per heavy atom. The maximum absolute atomic E-state index is 12.3. The minimum Gasteiger partial charge on any atom is -0.336 e. The van der Waals surface area contributed by atoms with Crippen LogP contribution in [0.4, 0.5) is 17.2 Å². The molecule has 6 nitrogen and oxygen atoms in total. The maximum atomic E-state index is 12.3. The maximum Gasteiger partial charge on any atom is 0.293 e. The summed E-state index contributed by atoms with van der Waals surface area (Å²) in [6.07, 6.45) is 3.30. The summed E-state index contributed by atoms with van der Waals surface area (Å²) in [6.45, 7) is 6.22. The first-order valence-electron chi connectivity index (χ1n) is 7.16. The second-order valence-electron chi connectivity index (χ2n) is 5.51. The monoisotopic (exact) mass is 300 g/mol. The topological polar surface area (TPSA) is 76.0 Å². The molecule has 0 aliphatic rings. The van der Waals surface area contributed by atoms with Gasteiger partial charge >= 0.3 is 0 Å². The third kappa shape index (κ3) is 4.18. The van der Waals surface area contributed by atoms with Crippen molar-refractivity contribution in [1.29, 1.82) is 0 Å². The summed E-state index contributed by atoms with van der Waals surface area (Å²) in [6, 6.07) is 7.09. The smallest absolute Gasteiger partial charge is 0.293 e. The lowest BCUT2D eigenvalue weighted by Crippen LogP contribution is -2.24. The Morgan fingerprint density at radius 2 is 1.86 bits per heavy atom. The van der Waals surface area contributed by atoms with Gasteiger partial charge in [0, 0.05) is 37.2 Å². The number of aromatic nitrogens is 2. The highest BCUT2D eigenvalue weighted by Gasteiger charge is 2.06. The van der Waals surface area contributed by atoms with Crippen LogP contribution in [-0.2, 0) is 11.3 Å². The molecule has 1 amide bonds. The SMILES string of the molecule is CC(=O)Nc1ccc(Nc2nccn(CC(C)C)c2=O)cc1. The van der Waals surface area contributed by atoms with Gasteiger partial charge < -0.3 is 15.2 Å². The fraction of sp³-hybridized carbons (Fsp3) is 0.312.